The molecule has 4 fully saturated rings. The molecule has 32 heavy (non-hydrogen) atoms. The summed E-state index contributed by atoms with van der Waals surface area (Å²) < 4.78 is 0. The molecule has 1 saturated heterocycles. The van der Waals surface area contributed by atoms with E-state index in [1.807, 2.05) is 37.4 Å². The Kier molecular flexibility index (Phi) is 5.50. The summed E-state index contributed by atoms with van der Waals surface area (Å²) in [6.45, 7) is 5.76. The van der Waals surface area contributed by atoms with Gasteiger partial charge in [-0.1, -0.05) is 32.0 Å². The smallest absolute Gasteiger partial charge is 0.319 e. The first-order chi connectivity index (χ1) is 15.3. The Hall–Kier alpha value is -2.04. The van der Waals surface area contributed by atoms with Crippen LogP contribution in [0.2, 0.25) is 0 Å². The molecule has 2 N–H and O–H groups in total. The number of piperidine rings is 1. The number of hydrogen-bond donors (Lipinski definition) is 2. The molecule has 0 spiro atoms. The number of anilines is 1. The Bertz CT molecular complexity index is 873. The second-order valence-corrected chi connectivity index (χ2v) is 11.5. The van der Waals surface area contributed by atoms with Crippen molar-refractivity contribution in [2.45, 2.75) is 71.3 Å². The van der Waals surface area contributed by atoms with E-state index in [1.165, 1.54) is 32.1 Å². The van der Waals surface area contributed by atoms with Gasteiger partial charge in [-0.25, -0.2) is 4.79 Å². The van der Waals surface area contributed by atoms with Gasteiger partial charge in [-0.3, -0.25) is 4.79 Å². The molecule has 3 amide bonds. The van der Waals surface area contributed by atoms with Crippen LogP contribution < -0.4 is 10.6 Å². The number of carbonyl (C=O) groups excluding carboxylic acids is 2. The van der Waals surface area contributed by atoms with Gasteiger partial charge < -0.3 is 15.5 Å². The molecule has 3 aliphatic carbocycles. The molecule has 0 bridgehead atoms. The topological polar surface area (TPSA) is 61.4 Å². The van der Waals surface area contributed by atoms with Crippen LogP contribution >= 0.6 is 0 Å². The molecule has 174 valence electrons. The molecule has 5 rings (SSSR count). The Labute approximate surface area is 192 Å². The van der Waals surface area contributed by atoms with Gasteiger partial charge in [0.15, 0.2) is 0 Å². The molecule has 1 aliphatic heterocycles. The number of amides is 3. The fourth-order valence-corrected chi connectivity index (χ4v) is 8.51. The summed E-state index contributed by atoms with van der Waals surface area (Å²) >= 11 is 0. The van der Waals surface area contributed by atoms with Crippen molar-refractivity contribution < 1.29 is 9.59 Å². The van der Waals surface area contributed by atoms with Crippen LogP contribution in [0.3, 0.4) is 0 Å². The highest BCUT2D eigenvalue weighted by molar-refractivity contribution is 5.89. The molecule has 1 heterocycles. The monoisotopic (exact) mass is 437 g/mol. The van der Waals surface area contributed by atoms with Gasteiger partial charge in [-0.2, -0.15) is 0 Å². The van der Waals surface area contributed by atoms with Gasteiger partial charge in [0.05, 0.1) is 0 Å². The highest BCUT2D eigenvalue weighted by Crippen LogP contribution is 2.66. The normalized spacial score (nSPS) is 40.8. The zero-order valence-corrected chi connectivity index (χ0v) is 19.9. The van der Waals surface area contributed by atoms with Crippen molar-refractivity contribution in [2.24, 2.45) is 34.5 Å². The minimum Gasteiger partial charge on any atom is -0.342 e. The number of rotatable bonds is 3. The molecule has 3 saturated carbocycles. The van der Waals surface area contributed by atoms with Gasteiger partial charge in [-0.05, 0) is 91.6 Å². The number of carbonyl (C=O) groups is 2. The van der Waals surface area contributed by atoms with Crippen LogP contribution in [0.4, 0.5) is 10.5 Å². The molecule has 7 atom stereocenters. The van der Waals surface area contributed by atoms with Crippen molar-refractivity contribution in [3.8, 4) is 0 Å². The maximum Gasteiger partial charge on any atom is 0.319 e. The molecular formula is C27H39N3O2. The standard InChI is InChI=1S/C27H39N3O2/c1-26-15-13-22-20(10-12-23-27(22,2)16-14-24(31)30(23)3)21(26)11-9-18(26)17-28-25(32)29-19-7-5-4-6-8-19/h4-8,18,20-23H,9-17H2,1-3H3,(H2,28,29,32)/t18-,20+,21+,22+,23-,26-,27-/m1/s1. The highest BCUT2D eigenvalue weighted by atomic mass is 16.2. The van der Waals surface area contributed by atoms with E-state index in [1.54, 1.807) is 0 Å². The minimum absolute atomic E-state index is 0.0973. The second kappa shape index (κ2) is 8.07. The van der Waals surface area contributed by atoms with Crippen LogP contribution in [0.15, 0.2) is 30.3 Å². The Balaban J connectivity index is 1.25. The van der Waals surface area contributed by atoms with Crippen molar-refractivity contribution in [2.75, 3.05) is 18.9 Å². The van der Waals surface area contributed by atoms with E-state index in [9.17, 15) is 9.59 Å². The van der Waals surface area contributed by atoms with Gasteiger partial charge in [-0.15, -0.1) is 0 Å². The summed E-state index contributed by atoms with van der Waals surface area (Å²) in [5.74, 6) is 3.16. The van der Waals surface area contributed by atoms with Gasteiger partial charge in [0.25, 0.3) is 0 Å². The number of hydrogen-bond acceptors (Lipinski definition) is 2. The maximum absolute atomic E-state index is 12.5. The molecular weight excluding hydrogens is 398 g/mol. The summed E-state index contributed by atoms with van der Waals surface area (Å²) in [4.78, 5) is 26.9. The van der Waals surface area contributed by atoms with Crippen molar-refractivity contribution in [1.82, 2.24) is 10.2 Å². The number of urea groups is 1. The lowest BCUT2D eigenvalue weighted by atomic mass is 9.47. The average molecular weight is 438 g/mol. The van der Waals surface area contributed by atoms with Crippen molar-refractivity contribution in [3.05, 3.63) is 30.3 Å². The van der Waals surface area contributed by atoms with Gasteiger partial charge in [0, 0.05) is 31.7 Å². The zero-order chi connectivity index (χ0) is 22.5. The summed E-state index contributed by atoms with van der Waals surface area (Å²) in [6, 6.07) is 9.99. The number of fused-ring (bicyclic) bond motifs is 5. The van der Waals surface area contributed by atoms with Crippen LogP contribution in [0.5, 0.6) is 0 Å². The summed E-state index contributed by atoms with van der Waals surface area (Å²) in [7, 11) is 2.04. The molecule has 0 aromatic heterocycles. The van der Waals surface area contributed by atoms with E-state index in [4.69, 9.17) is 0 Å². The van der Waals surface area contributed by atoms with Gasteiger partial charge in [0.1, 0.15) is 0 Å². The fourth-order valence-electron chi connectivity index (χ4n) is 8.51. The first-order valence-corrected chi connectivity index (χ1v) is 12.7. The van der Waals surface area contributed by atoms with E-state index in [0.717, 1.165) is 49.2 Å². The van der Waals surface area contributed by atoms with Crippen LogP contribution in [0.1, 0.15) is 65.2 Å². The predicted molar refractivity (Wildman–Crippen MR) is 127 cm³/mol. The van der Waals surface area contributed by atoms with Crippen LogP contribution in [-0.4, -0.2) is 36.5 Å². The van der Waals surface area contributed by atoms with Crippen LogP contribution in [0, 0.1) is 34.5 Å². The number of nitrogens with zero attached hydrogens (tertiary/aromatic N) is 1. The molecule has 4 aliphatic rings. The van der Waals surface area contributed by atoms with E-state index in [0.29, 0.717) is 23.3 Å². The molecule has 0 unspecified atom stereocenters. The molecule has 0 radical (unpaired) electrons. The lowest BCUT2D eigenvalue weighted by molar-refractivity contribution is -0.158. The first-order valence-electron chi connectivity index (χ1n) is 12.7. The molecule has 5 nitrogen and oxygen atoms in total. The van der Waals surface area contributed by atoms with Crippen LogP contribution in [0.25, 0.3) is 0 Å². The third-order valence-corrected chi connectivity index (χ3v) is 10.3. The average Bonchev–Trinajstić information content (AvgIpc) is 3.12. The molecule has 1 aromatic rings. The third kappa shape index (κ3) is 3.43. The van der Waals surface area contributed by atoms with Crippen LogP contribution in [-0.2, 0) is 4.79 Å². The van der Waals surface area contributed by atoms with E-state index >= 15 is 0 Å². The highest BCUT2D eigenvalue weighted by Gasteiger charge is 2.60. The quantitative estimate of drug-likeness (QED) is 0.675. The first kappa shape index (κ1) is 21.8. The molecule has 5 heteroatoms. The number of benzene rings is 1. The summed E-state index contributed by atoms with van der Waals surface area (Å²) in [5, 5.41) is 6.13. The zero-order valence-electron chi connectivity index (χ0n) is 19.9. The minimum atomic E-state index is -0.0973. The number of nitrogens with one attached hydrogen (secondary N) is 2. The van der Waals surface area contributed by atoms with Crippen molar-refractivity contribution >= 4 is 17.6 Å². The fraction of sp³-hybridized carbons (Fsp3) is 0.704. The Morgan fingerprint density at radius 2 is 1.75 bits per heavy atom. The van der Waals surface area contributed by atoms with E-state index < -0.39 is 0 Å². The number of likely N-dealkylation sites (tertiary alicyclic amines) is 1. The van der Waals surface area contributed by atoms with E-state index in [-0.39, 0.29) is 11.4 Å². The van der Waals surface area contributed by atoms with E-state index in [2.05, 4.69) is 29.4 Å². The number of para-hydroxylation sites is 1. The summed E-state index contributed by atoms with van der Waals surface area (Å²) in [6.07, 6.45) is 9.25. The summed E-state index contributed by atoms with van der Waals surface area (Å²) in [5.41, 5.74) is 1.43. The maximum atomic E-state index is 12.5. The van der Waals surface area contributed by atoms with Gasteiger partial charge in [0.2, 0.25) is 5.91 Å². The Morgan fingerprint density at radius 1 is 1.00 bits per heavy atom. The Morgan fingerprint density at radius 3 is 2.53 bits per heavy atom. The predicted octanol–water partition coefficient (Wildman–Crippen LogP) is 5.29. The second-order valence-electron chi connectivity index (χ2n) is 11.5. The lowest BCUT2D eigenvalue weighted by Gasteiger charge is -2.61. The SMILES string of the molecule is CN1C(=O)CC[C@]2(C)[C@H]3CC[C@]4(C)[C@@H](CNC(=O)Nc5ccccc5)CC[C@H]4[C@@H]3CC[C@@H]12. The molecule has 1 aromatic carbocycles. The van der Waals surface area contributed by atoms with Gasteiger partial charge >= 0.3 is 6.03 Å². The third-order valence-electron chi connectivity index (χ3n) is 10.3. The van der Waals surface area contributed by atoms with Crippen molar-refractivity contribution in [3.63, 3.8) is 0 Å². The largest absolute Gasteiger partial charge is 0.342 e. The van der Waals surface area contributed by atoms with Crippen molar-refractivity contribution in [1.29, 1.82) is 0 Å². The lowest BCUT2D eigenvalue weighted by Crippen LogP contribution is -2.61.